The van der Waals surface area contributed by atoms with Crippen molar-refractivity contribution < 1.29 is 4.79 Å². The fourth-order valence-electron chi connectivity index (χ4n) is 6.85. The number of aromatic nitrogens is 5. The van der Waals surface area contributed by atoms with E-state index in [1.807, 2.05) is 10.7 Å². The van der Waals surface area contributed by atoms with Crippen LogP contribution in [0.15, 0.2) is 30.7 Å². The van der Waals surface area contributed by atoms with E-state index in [-0.39, 0.29) is 16.7 Å². The second-order valence-electron chi connectivity index (χ2n) is 10.1. The zero-order valence-electron chi connectivity index (χ0n) is 18.1. The molecule has 1 N–H and O–H groups in total. The molecule has 0 aliphatic heterocycles. The van der Waals surface area contributed by atoms with Gasteiger partial charge in [-0.15, -0.1) is 5.10 Å². The number of carbonyl (C=O) groups excluding carboxylic acids is 1. The zero-order chi connectivity index (χ0) is 23.7. The third kappa shape index (κ3) is 3.81. The molecule has 2 atom stereocenters. The SMILES string of the molecule is O=C(Nc1nn(Cc2ccc(Cl)cc2Cl)cc1Cl)C12CC3CC(C1)CC(n1cnc(Cl)n1)(C3)C2. The van der Waals surface area contributed by atoms with Gasteiger partial charge in [0.2, 0.25) is 11.2 Å². The number of benzene rings is 1. The van der Waals surface area contributed by atoms with Crippen molar-refractivity contribution in [2.75, 3.05) is 5.32 Å². The number of amides is 1. The summed E-state index contributed by atoms with van der Waals surface area (Å²) in [6.07, 6.45) is 9.05. The molecule has 2 aromatic heterocycles. The fourth-order valence-corrected chi connectivity index (χ4v) is 7.64. The Labute approximate surface area is 216 Å². The van der Waals surface area contributed by atoms with Crippen LogP contribution in [0.25, 0.3) is 0 Å². The van der Waals surface area contributed by atoms with Crippen molar-refractivity contribution in [3.05, 3.63) is 56.6 Å². The highest BCUT2D eigenvalue weighted by atomic mass is 35.5. The molecule has 1 aromatic carbocycles. The average molecular weight is 540 g/mol. The van der Waals surface area contributed by atoms with E-state index in [1.165, 1.54) is 0 Å². The highest BCUT2D eigenvalue weighted by Gasteiger charge is 2.61. The van der Waals surface area contributed by atoms with E-state index in [9.17, 15) is 4.79 Å². The molecule has 7 rings (SSSR count). The summed E-state index contributed by atoms with van der Waals surface area (Å²) in [5, 5.41) is 13.8. The summed E-state index contributed by atoms with van der Waals surface area (Å²) in [5.74, 6) is 1.31. The molecule has 11 heteroatoms. The van der Waals surface area contributed by atoms with Crippen molar-refractivity contribution in [1.29, 1.82) is 0 Å². The highest BCUT2D eigenvalue weighted by Crippen LogP contribution is 2.64. The van der Waals surface area contributed by atoms with Gasteiger partial charge in [-0.2, -0.15) is 5.10 Å². The Balaban J connectivity index is 1.24. The van der Waals surface area contributed by atoms with Gasteiger partial charge in [0.25, 0.3) is 0 Å². The van der Waals surface area contributed by atoms with Crippen LogP contribution in [0.2, 0.25) is 20.4 Å². The summed E-state index contributed by atoms with van der Waals surface area (Å²) >= 11 is 24.8. The van der Waals surface area contributed by atoms with E-state index >= 15 is 0 Å². The van der Waals surface area contributed by atoms with E-state index in [4.69, 9.17) is 46.4 Å². The molecule has 3 aromatic rings. The molecule has 0 spiro atoms. The molecule has 2 unspecified atom stereocenters. The van der Waals surface area contributed by atoms with Gasteiger partial charge in [-0.1, -0.05) is 40.9 Å². The van der Waals surface area contributed by atoms with Crippen LogP contribution in [-0.4, -0.2) is 30.5 Å². The molecule has 4 saturated carbocycles. The van der Waals surface area contributed by atoms with Crippen LogP contribution in [0, 0.1) is 17.3 Å². The Morgan fingerprint density at radius 2 is 1.82 bits per heavy atom. The van der Waals surface area contributed by atoms with Crippen LogP contribution < -0.4 is 5.32 Å². The second kappa shape index (κ2) is 8.12. The number of hydrogen-bond donors (Lipinski definition) is 1. The summed E-state index contributed by atoms with van der Waals surface area (Å²) in [5.41, 5.74) is 0.170. The Morgan fingerprint density at radius 1 is 1.06 bits per heavy atom. The molecule has 4 aliphatic carbocycles. The van der Waals surface area contributed by atoms with Gasteiger partial charge >= 0.3 is 0 Å². The zero-order valence-corrected chi connectivity index (χ0v) is 21.2. The lowest BCUT2D eigenvalue weighted by molar-refractivity contribution is -0.150. The number of carbonyl (C=O) groups is 1. The molecule has 4 bridgehead atoms. The van der Waals surface area contributed by atoms with E-state index in [0.717, 1.165) is 44.1 Å². The van der Waals surface area contributed by atoms with E-state index in [0.29, 0.717) is 39.3 Å². The van der Waals surface area contributed by atoms with Crippen molar-refractivity contribution >= 4 is 58.1 Å². The van der Waals surface area contributed by atoms with Crippen LogP contribution in [0.5, 0.6) is 0 Å². The molecule has 2 heterocycles. The van der Waals surface area contributed by atoms with E-state index in [2.05, 4.69) is 20.5 Å². The molecule has 34 heavy (non-hydrogen) atoms. The van der Waals surface area contributed by atoms with Gasteiger partial charge in [-0.3, -0.25) is 9.48 Å². The van der Waals surface area contributed by atoms with Gasteiger partial charge in [-0.25, -0.2) is 9.67 Å². The van der Waals surface area contributed by atoms with Crippen LogP contribution in [0.3, 0.4) is 0 Å². The third-order valence-corrected chi connectivity index (χ3v) is 8.79. The molecule has 178 valence electrons. The summed E-state index contributed by atoms with van der Waals surface area (Å²) < 4.78 is 3.58. The number of halogens is 4. The van der Waals surface area contributed by atoms with Crippen molar-refractivity contribution in [3.8, 4) is 0 Å². The Kier molecular flexibility index (Phi) is 5.41. The van der Waals surface area contributed by atoms with Crippen LogP contribution in [0.1, 0.15) is 44.1 Å². The molecular weight excluding hydrogens is 518 g/mol. The minimum atomic E-state index is -0.477. The lowest BCUT2D eigenvalue weighted by atomic mass is 9.46. The van der Waals surface area contributed by atoms with Crippen molar-refractivity contribution in [1.82, 2.24) is 24.5 Å². The topological polar surface area (TPSA) is 77.6 Å². The van der Waals surface area contributed by atoms with Gasteiger partial charge in [0.1, 0.15) is 11.3 Å². The number of nitrogens with one attached hydrogen (secondary N) is 1. The Bertz CT molecular complexity index is 1270. The van der Waals surface area contributed by atoms with Gasteiger partial charge in [0.15, 0.2) is 5.82 Å². The highest BCUT2D eigenvalue weighted by molar-refractivity contribution is 6.35. The first-order valence-electron chi connectivity index (χ1n) is 11.3. The smallest absolute Gasteiger partial charge is 0.242 e. The maximum Gasteiger partial charge on any atom is 0.242 e. The molecular formula is C23H22Cl4N6O. The monoisotopic (exact) mass is 538 g/mol. The molecule has 4 aliphatic rings. The molecule has 7 nitrogen and oxygen atoms in total. The van der Waals surface area contributed by atoms with Crippen molar-refractivity contribution in [2.24, 2.45) is 17.3 Å². The Hall–Kier alpha value is -1.80. The molecule has 0 saturated heterocycles. The summed E-state index contributed by atoms with van der Waals surface area (Å²) in [4.78, 5) is 17.9. The lowest BCUT2D eigenvalue weighted by Crippen LogP contribution is -2.60. The number of anilines is 1. The lowest BCUT2D eigenvalue weighted by Gasteiger charge is -2.60. The standard InChI is InChI=1S/C23H22Cl4N6O/c24-16-2-1-15(17(25)4-16)9-32-10-18(26)19(30-32)29-20(34)22-5-13-3-14(6-22)8-23(7-13,11-22)33-12-28-21(27)31-33/h1-2,4,10,12-14H,3,5-9,11H2,(H,29,30,34). The Morgan fingerprint density at radius 3 is 2.50 bits per heavy atom. The van der Waals surface area contributed by atoms with Crippen molar-refractivity contribution in [3.63, 3.8) is 0 Å². The number of hydrogen-bond acceptors (Lipinski definition) is 4. The summed E-state index contributed by atoms with van der Waals surface area (Å²) in [7, 11) is 0. The predicted octanol–water partition coefficient (Wildman–Crippen LogP) is 6.07. The minimum Gasteiger partial charge on any atom is -0.307 e. The third-order valence-electron chi connectivity index (χ3n) is 7.76. The van der Waals surface area contributed by atoms with Crippen LogP contribution >= 0.6 is 46.4 Å². The first kappa shape index (κ1) is 22.7. The fraction of sp³-hybridized carbons (Fsp3) is 0.478. The normalized spacial score (nSPS) is 29.5. The molecule has 4 fully saturated rings. The number of rotatable bonds is 5. The molecule has 1 amide bonds. The summed E-state index contributed by atoms with van der Waals surface area (Å²) in [6, 6.07) is 5.32. The van der Waals surface area contributed by atoms with E-state index < -0.39 is 5.41 Å². The van der Waals surface area contributed by atoms with Gasteiger partial charge in [0.05, 0.1) is 17.5 Å². The van der Waals surface area contributed by atoms with Gasteiger partial charge in [0, 0.05) is 16.2 Å². The maximum absolute atomic E-state index is 13.7. The number of nitrogens with zero attached hydrogens (tertiary/aromatic N) is 5. The summed E-state index contributed by atoms with van der Waals surface area (Å²) in [6.45, 7) is 0.414. The van der Waals surface area contributed by atoms with Crippen molar-refractivity contribution in [2.45, 2.75) is 50.6 Å². The quantitative estimate of drug-likeness (QED) is 0.426. The molecule has 0 radical (unpaired) electrons. The second-order valence-corrected chi connectivity index (χ2v) is 11.7. The van der Waals surface area contributed by atoms with Gasteiger partial charge < -0.3 is 5.32 Å². The van der Waals surface area contributed by atoms with Crippen LogP contribution in [0.4, 0.5) is 5.82 Å². The van der Waals surface area contributed by atoms with E-state index in [1.54, 1.807) is 29.3 Å². The largest absolute Gasteiger partial charge is 0.307 e. The first-order chi connectivity index (χ1) is 16.2. The van der Waals surface area contributed by atoms with Crippen LogP contribution in [-0.2, 0) is 16.9 Å². The average Bonchev–Trinajstić information content (AvgIpc) is 3.35. The predicted molar refractivity (Wildman–Crippen MR) is 132 cm³/mol. The van der Waals surface area contributed by atoms with Gasteiger partial charge in [-0.05, 0) is 79.7 Å². The maximum atomic E-state index is 13.7. The minimum absolute atomic E-state index is 0.0196. The first-order valence-corrected chi connectivity index (χ1v) is 12.8.